The Morgan fingerprint density at radius 1 is 1.25 bits per heavy atom. The maximum atomic E-state index is 12.7. The standard InChI is InChI=1S/C12H14F2O2/c1-12(13,14)8-10-4-2-9(3-5-10)6-7-11(15)16/h2-5H,6-8H2,1H3,(H,15,16). The summed E-state index contributed by atoms with van der Waals surface area (Å²) < 4.78 is 25.4. The molecule has 1 aromatic rings. The first-order valence-corrected chi connectivity index (χ1v) is 5.04. The van der Waals surface area contributed by atoms with Gasteiger partial charge >= 0.3 is 5.97 Å². The molecule has 0 spiro atoms. The summed E-state index contributed by atoms with van der Waals surface area (Å²) in [6, 6.07) is 6.64. The summed E-state index contributed by atoms with van der Waals surface area (Å²) in [4.78, 5) is 10.3. The number of aryl methyl sites for hydroxylation is 1. The molecule has 0 saturated carbocycles. The van der Waals surface area contributed by atoms with Crippen LogP contribution in [-0.4, -0.2) is 17.0 Å². The third-order valence-corrected chi connectivity index (χ3v) is 2.17. The first-order valence-electron chi connectivity index (χ1n) is 5.04. The molecule has 0 aliphatic carbocycles. The minimum atomic E-state index is -2.71. The van der Waals surface area contributed by atoms with Crippen LogP contribution in [0.5, 0.6) is 0 Å². The highest BCUT2D eigenvalue weighted by Crippen LogP contribution is 2.19. The molecule has 0 amide bonds. The van der Waals surface area contributed by atoms with Crippen LogP contribution in [-0.2, 0) is 17.6 Å². The third-order valence-electron chi connectivity index (χ3n) is 2.17. The van der Waals surface area contributed by atoms with E-state index in [0.29, 0.717) is 12.0 Å². The highest BCUT2D eigenvalue weighted by atomic mass is 19.3. The monoisotopic (exact) mass is 228 g/mol. The normalized spacial score (nSPS) is 11.4. The Balaban J connectivity index is 2.57. The lowest BCUT2D eigenvalue weighted by atomic mass is 10.0. The van der Waals surface area contributed by atoms with Crippen molar-refractivity contribution < 1.29 is 18.7 Å². The van der Waals surface area contributed by atoms with Crippen molar-refractivity contribution in [3.63, 3.8) is 0 Å². The summed E-state index contributed by atoms with van der Waals surface area (Å²) in [7, 11) is 0. The van der Waals surface area contributed by atoms with Crippen molar-refractivity contribution in [3.05, 3.63) is 35.4 Å². The molecule has 1 rings (SSSR count). The van der Waals surface area contributed by atoms with E-state index in [-0.39, 0.29) is 12.8 Å². The molecule has 4 heteroatoms. The molecule has 0 unspecified atom stereocenters. The number of carboxylic acids is 1. The molecular weight excluding hydrogens is 214 g/mol. The molecule has 0 aliphatic rings. The lowest BCUT2D eigenvalue weighted by Crippen LogP contribution is -2.13. The Labute approximate surface area is 92.9 Å². The number of halogens is 2. The van der Waals surface area contributed by atoms with Crippen molar-refractivity contribution in [2.24, 2.45) is 0 Å². The van der Waals surface area contributed by atoms with E-state index in [1.165, 1.54) is 0 Å². The van der Waals surface area contributed by atoms with E-state index in [0.717, 1.165) is 12.5 Å². The predicted molar refractivity (Wildman–Crippen MR) is 56.7 cm³/mol. The fraction of sp³-hybridized carbons (Fsp3) is 0.417. The molecule has 0 heterocycles. The second-order valence-electron chi connectivity index (χ2n) is 3.96. The van der Waals surface area contributed by atoms with Crippen LogP contribution < -0.4 is 0 Å². The number of alkyl halides is 2. The Morgan fingerprint density at radius 3 is 2.19 bits per heavy atom. The fourth-order valence-corrected chi connectivity index (χ4v) is 1.43. The van der Waals surface area contributed by atoms with Gasteiger partial charge in [0.2, 0.25) is 5.92 Å². The second-order valence-corrected chi connectivity index (χ2v) is 3.96. The molecule has 0 fully saturated rings. The van der Waals surface area contributed by atoms with E-state index in [2.05, 4.69) is 0 Å². The van der Waals surface area contributed by atoms with Crippen LogP contribution in [0.2, 0.25) is 0 Å². The number of carbonyl (C=O) groups is 1. The van der Waals surface area contributed by atoms with Crippen LogP contribution in [0.4, 0.5) is 8.78 Å². The van der Waals surface area contributed by atoms with Crippen molar-refractivity contribution >= 4 is 5.97 Å². The summed E-state index contributed by atoms with van der Waals surface area (Å²) in [5, 5.41) is 8.48. The highest BCUT2D eigenvalue weighted by molar-refractivity contribution is 5.67. The van der Waals surface area contributed by atoms with Crippen molar-refractivity contribution in [1.29, 1.82) is 0 Å². The van der Waals surface area contributed by atoms with Gasteiger partial charge < -0.3 is 5.11 Å². The van der Waals surface area contributed by atoms with E-state index in [4.69, 9.17) is 5.11 Å². The summed E-state index contributed by atoms with van der Waals surface area (Å²) in [6.45, 7) is 0.880. The average molecular weight is 228 g/mol. The van der Waals surface area contributed by atoms with Crippen LogP contribution >= 0.6 is 0 Å². The van der Waals surface area contributed by atoms with Gasteiger partial charge in [-0.05, 0) is 24.5 Å². The largest absolute Gasteiger partial charge is 0.481 e. The van der Waals surface area contributed by atoms with Gasteiger partial charge in [0.1, 0.15) is 0 Å². The zero-order valence-corrected chi connectivity index (χ0v) is 9.04. The summed E-state index contributed by atoms with van der Waals surface area (Å²) in [5.41, 5.74) is 1.41. The van der Waals surface area contributed by atoms with Gasteiger partial charge in [0, 0.05) is 12.8 Å². The van der Waals surface area contributed by atoms with Crippen LogP contribution in [0.3, 0.4) is 0 Å². The van der Waals surface area contributed by atoms with Gasteiger partial charge in [0.05, 0.1) is 0 Å². The van der Waals surface area contributed by atoms with Crippen LogP contribution in [0.15, 0.2) is 24.3 Å². The Kier molecular flexibility index (Phi) is 3.99. The Bertz CT molecular complexity index is 352. The van der Waals surface area contributed by atoms with Gasteiger partial charge in [-0.2, -0.15) is 0 Å². The molecule has 2 nitrogen and oxygen atoms in total. The highest BCUT2D eigenvalue weighted by Gasteiger charge is 2.21. The molecular formula is C12H14F2O2. The van der Waals surface area contributed by atoms with Crippen LogP contribution in [0.1, 0.15) is 24.5 Å². The molecule has 1 N–H and O–H groups in total. The molecule has 0 bridgehead atoms. The van der Waals surface area contributed by atoms with E-state index < -0.39 is 11.9 Å². The number of hydrogen-bond donors (Lipinski definition) is 1. The van der Waals surface area contributed by atoms with Crippen LogP contribution in [0, 0.1) is 0 Å². The Morgan fingerprint density at radius 2 is 1.75 bits per heavy atom. The third kappa shape index (κ3) is 4.87. The van der Waals surface area contributed by atoms with Crippen molar-refractivity contribution in [2.75, 3.05) is 0 Å². The van der Waals surface area contributed by atoms with Gasteiger partial charge in [-0.3, -0.25) is 4.79 Å². The number of hydrogen-bond acceptors (Lipinski definition) is 1. The molecule has 0 radical (unpaired) electrons. The molecule has 0 saturated heterocycles. The van der Waals surface area contributed by atoms with E-state index in [1.54, 1.807) is 24.3 Å². The van der Waals surface area contributed by atoms with Gasteiger partial charge in [-0.25, -0.2) is 8.78 Å². The minimum Gasteiger partial charge on any atom is -0.481 e. The smallest absolute Gasteiger partial charge is 0.303 e. The predicted octanol–water partition coefficient (Wildman–Crippen LogP) is 2.90. The molecule has 16 heavy (non-hydrogen) atoms. The zero-order chi connectivity index (χ0) is 12.2. The quantitative estimate of drug-likeness (QED) is 0.841. The SMILES string of the molecule is CC(F)(F)Cc1ccc(CCC(=O)O)cc1. The summed E-state index contributed by atoms with van der Waals surface area (Å²) >= 11 is 0. The van der Waals surface area contributed by atoms with E-state index in [9.17, 15) is 13.6 Å². The zero-order valence-electron chi connectivity index (χ0n) is 9.04. The number of aliphatic carboxylic acids is 1. The van der Waals surface area contributed by atoms with Crippen molar-refractivity contribution in [1.82, 2.24) is 0 Å². The summed E-state index contributed by atoms with van der Waals surface area (Å²) in [6.07, 6.45) is 0.202. The van der Waals surface area contributed by atoms with Crippen molar-refractivity contribution in [2.45, 2.75) is 32.1 Å². The number of benzene rings is 1. The average Bonchev–Trinajstić information content (AvgIpc) is 2.14. The topological polar surface area (TPSA) is 37.3 Å². The van der Waals surface area contributed by atoms with Gasteiger partial charge in [0.15, 0.2) is 0 Å². The first-order chi connectivity index (χ1) is 7.37. The van der Waals surface area contributed by atoms with Crippen molar-refractivity contribution in [3.8, 4) is 0 Å². The molecule has 0 aliphatic heterocycles. The number of rotatable bonds is 5. The Hall–Kier alpha value is -1.45. The maximum absolute atomic E-state index is 12.7. The molecule has 0 aromatic heterocycles. The van der Waals surface area contributed by atoms with Gasteiger partial charge in [-0.1, -0.05) is 24.3 Å². The molecule has 1 aromatic carbocycles. The fourth-order valence-electron chi connectivity index (χ4n) is 1.43. The van der Waals surface area contributed by atoms with E-state index >= 15 is 0 Å². The van der Waals surface area contributed by atoms with Crippen LogP contribution in [0.25, 0.3) is 0 Å². The second kappa shape index (κ2) is 5.05. The molecule has 0 atom stereocenters. The summed E-state index contributed by atoms with van der Waals surface area (Å²) in [5.74, 6) is -3.56. The maximum Gasteiger partial charge on any atom is 0.303 e. The van der Waals surface area contributed by atoms with E-state index in [1.807, 2.05) is 0 Å². The minimum absolute atomic E-state index is 0.0588. The number of carboxylic acid groups (broad SMARTS) is 1. The lowest BCUT2D eigenvalue weighted by Gasteiger charge is -2.10. The first kappa shape index (κ1) is 12.6. The molecule has 88 valence electrons. The lowest BCUT2D eigenvalue weighted by molar-refractivity contribution is -0.136. The van der Waals surface area contributed by atoms with Gasteiger partial charge in [0.25, 0.3) is 0 Å². The van der Waals surface area contributed by atoms with Gasteiger partial charge in [-0.15, -0.1) is 0 Å².